The predicted octanol–water partition coefficient (Wildman–Crippen LogP) is 4.12. The molecule has 1 N–H and O–H groups in total. The van der Waals surface area contributed by atoms with Crippen LogP contribution in [0.3, 0.4) is 0 Å². The number of carbonyl (C=O) groups is 1. The van der Waals surface area contributed by atoms with Crippen molar-refractivity contribution in [1.29, 1.82) is 0 Å². The van der Waals surface area contributed by atoms with E-state index in [1.54, 1.807) is 0 Å². The third-order valence-electron chi connectivity index (χ3n) is 3.71. The summed E-state index contributed by atoms with van der Waals surface area (Å²) in [6, 6.07) is 5.06. The molecule has 5 heteroatoms. The third-order valence-corrected chi connectivity index (χ3v) is 5.41. The average Bonchev–Trinajstić information content (AvgIpc) is 2.91. The number of hydrogen-bond donors (Lipinski definition) is 1. The third kappa shape index (κ3) is 4.29. The molecule has 0 amide bonds. The number of aldehydes is 1. The summed E-state index contributed by atoms with van der Waals surface area (Å²) in [6.07, 6.45) is 2.76. The van der Waals surface area contributed by atoms with Crippen molar-refractivity contribution in [3.05, 3.63) is 35.0 Å². The number of aromatic nitrogens is 1. The number of aryl methyl sites for hydroxylation is 1. The highest BCUT2D eigenvalue weighted by molar-refractivity contribution is 6.76. The van der Waals surface area contributed by atoms with E-state index in [1.165, 1.54) is 0 Å². The van der Waals surface area contributed by atoms with Gasteiger partial charge in [0.1, 0.15) is 6.79 Å². The zero-order valence-corrected chi connectivity index (χ0v) is 14.9. The van der Waals surface area contributed by atoms with Crippen molar-refractivity contribution in [3.63, 3.8) is 0 Å². The molecular formula is C17H25NO3Si. The molecule has 0 aliphatic heterocycles. The topological polar surface area (TPSA) is 51.3 Å². The Morgan fingerprint density at radius 2 is 2.05 bits per heavy atom. The SMILES string of the molecule is Cc1cc(COCOCC[Si](C)(C)C)c(C=O)c2cc[nH]c12. The molecule has 22 heavy (non-hydrogen) atoms. The van der Waals surface area contributed by atoms with E-state index in [9.17, 15) is 4.79 Å². The Morgan fingerprint density at radius 1 is 1.27 bits per heavy atom. The first-order chi connectivity index (χ1) is 10.4. The van der Waals surface area contributed by atoms with Gasteiger partial charge in [-0.3, -0.25) is 4.79 Å². The second-order valence-electron chi connectivity index (χ2n) is 6.84. The van der Waals surface area contributed by atoms with Crippen LogP contribution in [0.15, 0.2) is 18.3 Å². The molecule has 2 aromatic rings. The number of nitrogens with one attached hydrogen (secondary N) is 1. The molecule has 2 rings (SSSR count). The number of rotatable bonds is 8. The Bertz CT molecular complexity index is 643. The maximum atomic E-state index is 11.4. The van der Waals surface area contributed by atoms with Crippen molar-refractivity contribution in [3.8, 4) is 0 Å². The standard InChI is InChI=1S/C17H25NO3Si/c1-13-9-14(11-21-12-20-7-8-22(2,3)4)16(10-19)15-5-6-18-17(13)15/h5-6,9-10,18H,7-8,11-12H2,1-4H3. The summed E-state index contributed by atoms with van der Waals surface area (Å²) in [7, 11) is -1.06. The Kier molecular flexibility index (Phi) is 5.56. The molecule has 4 nitrogen and oxygen atoms in total. The zero-order chi connectivity index (χ0) is 16.2. The molecule has 1 aromatic heterocycles. The van der Waals surface area contributed by atoms with Gasteiger partial charge in [-0.2, -0.15) is 0 Å². The molecule has 0 atom stereocenters. The normalized spacial score (nSPS) is 12.0. The minimum atomic E-state index is -1.06. The van der Waals surface area contributed by atoms with E-state index >= 15 is 0 Å². The molecule has 0 fully saturated rings. The minimum absolute atomic E-state index is 0.271. The van der Waals surface area contributed by atoms with E-state index in [0.29, 0.717) is 12.2 Å². The second kappa shape index (κ2) is 7.22. The van der Waals surface area contributed by atoms with Crippen molar-refractivity contribution in [2.24, 2.45) is 0 Å². The lowest BCUT2D eigenvalue weighted by atomic mass is 10.0. The number of ether oxygens (including phenoxy) is 2. The summed E-state index contributed by atoms with van der Waals surface area (Å²) in [5.74, 6) is 0. The van der Waals surface area contributed by atoms with Gasteiger partial charge in [0.05, 0.1) is 6.61 Å². The Morgan fingerprint density at radius 3 is 2.73 bits per heavy atom. The predicted molar refractivity (Wildman–Crippen MR) is 92.2 cm³/mol. The molecule has 120 valence electrons. The fourth-order valence-corrected chi connectivity index (χ4v) is 3.17. The van der Waals surface area contributed by atoms with Crippen LogP contribution in [0, 0.1) is 6.92 Å². The molecule has 0 saturated carbocycles. The second-order valence-corrected chi connectivity index (χ2v) is 12.5. The number of H-pyrrole nitrogens is 1. The lowest BCUT2D eigenvalue weighted by Crippen LogP contribution is -2.22. The van der Waals surface area contributed by atoms with Gasteiger partial charge >= 0.3 is 0 Å². The highest BCUT2D eigenvalue weighted by Gasteiger charge is 2.13. The number of aromatic amines is 1. The molecule has 0 bridgehead atoms. The minimum Gasteiger partial charge on any atom is -0.361 e. The fourth-order valence-electron chi connectivity index (χ4n) is 2.41. The fraction of sp³-hybridized carbons (Fsp3) is 0.471. The molecule has 0 aliphatic rings. The van der Waals surface area contributed by atoms with Gasteiger partial charge in [-0.05, 0) is 30.2 Å². The number of hydrogen-bond acceptors (Lipinski definition) is 3. The van der Waals surface area contributed by atoms with Crippen molar-refractivity contribution in [1.82, 2.24) is 4.98 Å². The van der Waals surface area contributed by atoms with E-state index in [0.717, 1.165) is 41.0 Å². The van der Waals surface area contributed by atoms with E-state index in [4.69, 9.17) is 9.47 Å². The lowest BCUT2D eigenvalue weighted by molar-refractivity contribution is -0.0574. The van der Waals surface area contributed by atoms with Gasteiger partial charge in [0, 0.05) is 37.3 Å². The molecule has 0 spiro atoms. The Balaban J connectivity index is 1.93. The first-order valence-electron chi connectivity index (χ1n) is 7.62. The van der Waals surface area contributed by atoms with Gasteiger partial charge in [0.15, 0.2) is 6.29 Å². The molecule has 0 aliphatic carbocycles. The van der Waals surface area contributed by atoms with Crippen LogP contribution in [0.5, 0.6) is 0 Å². The number of benzene rings is 1. The summed E-state index contributed by atoms with van der Waals surface area (Å²) in [5.41, 5.74) is 3.73. The van der Waals surface area contributed by atoms with Gasteiger partial charge in [-0.1, -0.05) is 25.7 Å². The average molecular weight is 319 g/mol. The first kappa shape index (κ1) is 16.9. The summed E-state index contributed by atoms with van der Waals surface area (Å²) in [4.78, 5) is 14.6. The van der Waals surface area contributed by atoms with E-state index < -0.39 is 8.07 Å². The van der Waals surface area contributed by atoms with E-state index in [-0.39, 0.29) is 6.79 Å². The Hall–Kier alpha value is -1.43. The van der Waals surface area contributed by atoms with Crippen LogP contribution in [0.2, 0.25) is 25.7 Å². The van der Waals surface area contributed by atoms with Crippen molar-refractivity contribution < 1.29 is 14.3 Å². The summed E-state index contributed by atoms with van der Waals surface area (Å²) in [5, 5.41) is 0.952. The number of fused-ring (bicyclic) bond motifs is 1. The molecule has 1 aromatic carbocycles. The summed E-state index contributed by atoms with van der Waals surface area (Å²) in [6.45, 7) is 10.4. The van der Waals surface area contributed by atoms with Crippen LogP contribution < -0.4 is 0 Å². The Labute approximate surface area is 132 Å². The van der Waals surface area contributed by atoms with Crippen LogP contribution in [-0.4, -0.2) is 32.7 Å². The monoisotopic (exact) mass is 319 g/mol. The number of carbonyl (C=O) groups excluding carboxylic acids is 1. The van der Waals surface area contributed by atoms with Crippen molar-refractivity contribution in [2.45, 2.75) is 39.2 Å². The van der Waals surface area contributed by atoms with Gasteiger partial charge in [0.2, 0.25) is 0 Å². The van der Waals surface area contributed by atoms with E-state index in [1.807, 2.05) is 25.3 Å². The highest BCUT2D eigenvalue weighted by atomic mass is 28.3. The van der Waals surface area contributed by atoms with Crippen molar-refractivity contribution >= 4 is 25.3 Å². The highest BCUT2D eigenvalue weighted by Crippen LogP contribution is 2.24. The van der Waals surface area contributed by atoms with Crippen molar-refractivity contribution in [2.75, 3.05) is 13.4 Å². The van der Waals surface area contributed by atoms with Gasteiger partial charge in [-0.25, -0.2) is 0 Å². The maximum absolute atomic E-state index is 11.4. The van der Waals surface area contributed by atoms with Crippen LogP contribution in [0.25, 0.3) is 10.9 Å². The van der Waals surface area contributed by atoms with Crippen LogP contribution in [0.1, 0.15) is 21.5 Å². The van der Waals surface area contributed by atoms with Gasteiger partial charge < -0.3 is 14.5 Å². The largest absolute Gasteiger partial charge is 0.361 e. The van der Waals surface area contributed by atoms with Crippen LogP contribution in [-0.2, 0) is 16.1 Å². The first-order valence-corrected chi connectivity index (χ1v) is 11.3. The van der Waals surface area contributed by atoms with E-state index in [2.05, 4.69) is 24.6 Å². The molecular weight excluding hydrogens is 294 g/mol. The molecule has 0 radical (unpaired) electrons. The van der Waals surface area contributed by atoms with Gasteiger partial charge in [-0.15, -0.1) is 0 Å². The lowest BCUT2D eigenvalue weighted by Gasteiger charge is -2.15. The quantitative estimate of drug-likeness (QED) is 0.345. The maximum Gasteiger partial charge on any atom is 0.151 e. The zero-order valence-electron chi connectivity index (χ0n) is 13.9. The van der Waals surface area contributed by atoms with Crippen LogP contribution >= 0.6 is 0 Å². The summed E-state index contributed by atoms with van der Waals surface area (Å²) >= 11 is 0. The van der Waals surface area contributed by atoms with Crippen LogP contribution in [0.4, 0.5) is 0 Å². The van der Waals surface area contributed by atoms with Gasteiger partial charge in [0.25, 0.3) is 0 Å². The molecule has 0 unspecified atom stereocenters. The molecule has 0 saturated heterocycles. The smallest absolute Gasteiger partial charge is 0.151 e. The summed E-state index contributed by atoms with van der Waals surface area (Å²) < 4.78 is 11.1. The molecule has 1 heterocycles.